The maximum atomic E-state index is 12.5. The lowest BCUT2D eigenvalue weighted by atomic mass is 10.2. The molecule has 0 fully saturated rings. The number of hydrogen-bond donors (Lipinski definition) is 1. The van der Waals surface area contributed by atoms with Gasteiger partial charge in [-0.05, 0) is 24.1 Å². The van der Waals surface area contributed by atoms with Crippen LogP contribution in [0.3, 0.4) is 0 Å². The smallest absolute Gasteiger partial charge is 0.123 e. The lowest BCUT2D eigenvalue weighted by Gasteiger charge is -2.04. The van der Waals surface area contributed by atoms with E-state index in [1.165, 1.54) is 12.1 Å². The average molecular weight is 183 g/mol. The minimum Gasteiger partial charge on any atom is -0.301 e. The molecular weight excluding hydrogens is 169 g/mol. The Bertz CT molecular complexity index is 235. The van der Waals surface area contributed by atoms with E-state index >= 15 is 0 Å². The minimum absolute atomic E-state index is 0.210. The molecule has 0 aliphatic rings. The lowest BCUT2D eigenvalue weighted by molar-refractivity contribution is 0.0371. The van der Waals surface area contributed by atoms with Gasteiger partial charge in [0.15, 0.2) is 0 Å². The first-order valence-electron chi connectivity index (χ1n) is 4.42. The topological polar surface area (TPSA) is 21.3 Å². The van der Waals surface area contributed by atoms with Gasteiger partial charge >= 0.3 is 0 Å². The van der Waals surface area contributed by atoms with Crippen LogP contribution >= 0.6 is 0 Å². The van der Waals surface area contributed by atoms with Gasteiger partial charge in [-0.3, -0.25) is 0 Å². The number of hydroxylamine groups is 1. The monoisotopic (exact) mass is 183 g/mol. The van der Waals surface area contributed by atoms with Crippen molar-refractivity contribution in [3.05, 3.63) is 35.6 Å². The van der Waals surface area contributed by atoms with Gasteiger partial charge in [-0.15, -0.1) is 0 Å². The first-order chi connectivity index (χ1) is 6.33. The fourth-order valence-corrected chi connectivity index (χ4v) is 0.911. The molecule has 0 atom stereocenters. The summed E-state index contributed by atoms with van der Waals surface area (Å²) in [6, 6.07) is 6.35. The molecule has 2 nitrogen and oxygen atoms in total. The van der Waals surface area contributed by atoms with Gasteiger partial charge in [0.2, 0.25) is 0 Å². The van der Waals surface area contributed by atoms with Gasteiger partial charge in [0.1, 0.15) is 5.82 Å². The van der Waals surface area contributed by atoms with E-state index in [1.807, 2.05) is 6.92 Å². The predicted molar refractivity (Wildman–Crippen MR) is 49.5 cm³/mol. The first kappa shape index (κ1) is 10.2. The summed E-state index contributed by atoms with van der Waals surface area (Å²) in [7, 11) is 0. The Morgan fingerprint density at radius 2 is 2.00 bits per heavy atom. The number of hydrogen-bond acceptors (Lipinski definition) is 2. The highest BCUT2D eigenvalue weighted by Crippen LogP contribution is 2.01. The number of nitrogens with one attached hydrogen (secondary N) is 1. The molecule has 0 aliphatic heterocycles. The van der Waals surface area contributed by atoms with Crippen LogP contribution in [0.25, 0.3) is 0 Å². The number of benzene rings is 1. The summed E-state index contributed by atoms with van der Waals surface area (Å²) >= 11 is 0. The van der Waals surface area contributed by atoms with Gasteiger partial charge < -0.3 is 4.84 Å². The summed E-state index contributed by atoms with van der Waals surface area (Å²) in [5, 5.41) is 0. The van der Waals surface area contributed by atoms with E-state index in [0.717, 1.165) is 12.0 Å². The maximum absolute atomic E-state index is 12.5. The van der Waals surface area contributed by atoms with Gasteiger partial charge in [0.25, 0.3) is 0 Å². The van der Waals surface area contributed by atoms with Crippen molar-refractivity contribution in [3.63, 3.8) is 0 Å². The van der Waals surface area contributed by atoms with E-state index < -0.39 is 0 Å². The summed E-state index contributed by atoms with van der Waals surface area (Å²) in [4.78, 5) is 5.07. The predicted octanol–water partition coefficient (Wildman–Crippen LogP) is 2.26. The fourth-order valence-electron chi connectivity index (χ4n) is 0.911. The fraction of sp³-hybridized carbons (Fsp3) is 0.400. The highest BCUT2D eigenvalue weighted by atomic mass is 19.1. The summed E-state index contributed by atoms with van der Waals surface area (Å²) in [5.41, 5.74) is 3.81. The zero-order valence-electron chi connectivity index (χ0n) is 7.72. The quantitative estimate of drug-likeness (QED) is 0.558. The van der Waals surface area contributed by atoms with E-state index in [9.17, 15) is 4.39 Å². The minimum atomic E-state index is -0.210. The van der Waals surface area contributed by atoms with Gasteiger partial charge in [0, 0.05) is 6.54 Å². The van der Waals surface area contributed by atoms with Crippen LogP contribution in [0, 0.1) is 5.82 Å². The summed E-state index contributed by atoms with van der Waals surface area (Å²) in [6.45, 7) is 3.35. The molecule has 1 rings (SSSR count). The van der Waals surface area contributed by atoms with Gasteiger partial charge in [-0.2, -0.15) is 5.48 Å². The molecule has 0 heterocycles. The number of rotatable bonds is 5. The Morgan fingerprint density at radius 3 is 2.62 bits per heavy atom. The molecular formula is C10H14FNO. The van der Waals surface area contributed by atoms with Crippen LogP contribution in [0.2, 0.25) is 0 Å². The first-order valence-corrected chi connectivity index (χ1v) is 4.42. The molecule has 0 amide bonds. The van der Waals surface area contributed by atoms with Crippen LogP contribution in [-0.2, 0) is 11.4 Å². The van der Waals surface area contributed by atoms with Gasteiger partial charge in [0.05, 0.1) is 6.61 Å². The maximum Gasteiger partial charge on any atom is 0.123 e. The third-order valence-corrected chi connectivity index (χ3v) is 1.60. The zero-order chi connectivity index (χ0) is 9.52. The second kappa shape index (κ2) is 5.67. The van der Waals surface area contributed by atoms with Gasteiger partial charge in [-0.1, -0.05) is 19.1 Å². The normalized spacial score (nSPS) is 10.3. The molecule has 1 aromatic carbocycles. The Hall–Kier alpha value is -0.930. The molecule has 0 spiro atoms. The van der Waals surface area contributed by atoms with Crippen LogP contribution in [-0.4, -0.2) is 6.61 Å². The van der Waals surface area contributed by atoms with Crippen molar-refractivity contribution in [2.24, 2.45) is 0 Å². The molecule has 0 saturated carbocycles. The zero-order valence-corrected chi connectivity index (χ0v) is 7.72. The van der Waals surface area contributed by atoms with Crippen molar-refractivity contribution in [3.8, 4) is 0 Å². The highest BCUT2D eigenvalue weighted by molar-refractivity contribution is 5.15. The molecule has 0 unspecified atom stereocenters. The van der Waals surface area contributed by atoms with Crippen molar-refractivity contribution >= 4 is 0 Å². The van der Waals surface area contributed by atoms with E-state index in [4.69, 9.17) is 4.84 Å². The molecule has 3 heteroatoms. The SMILES string of the molecule is CCCONCc1ccc(F)cc1. The largest absolute Gasteiger partial charge is 0.301 e. The van der Waals surface area contributed by atoms with Crippen molar-refractivity contribution < 1.29 is 9.23 Å². The molecule has 0 bridgehead atoms. The van der Waals surface area contributed by atoms with Crippen LogP contribution in [0.5, 0.6) is 0 Å². The van der Waals surface area contributed by atoms with Crippen LogP contribution in [0.1, 0.15) is 18.9 Å². The van der Waals surface area contributed by atoms with Crippen molar-refractivity contribution in [1.82, 2.24) is 5.48 Å². The third-order valence-electron chi connectivity index (χ3n) is 1.60. The second-order valence-corrected chi connectivity index (χ2v) is 2.80. The molecule has 0 aromatic heterocycles. The van der Waals surface area contributed by atoms with Gasteiger partial charge in [-0.25, -0.2) is 4.39 Å². The molecule has 1 N–H and O–H groups in total. The Labute approximate surface area is 77.7 Å². The standard InChI is InChI=1S/C10H14FNO/c1-2-7-13-12-8-9-3-5-10(11)6-4-9/h3-6,12H,2,7-8H2,1H3. The van der Waals surface area contributed by atoms with E-state index in [0.29, 0.717) is 13.2 Å². The lowest BCUT2D eigenvalue weighted by Crippen LogP contribution is -2.14. The van der Waals surface area contributed by atoms with Crippen molar-refractivity contribution in [2.45, 2.75) is 19.9 Å². The van der Waals surface area contributed by atoms with Crippen LogP contribution in [0.4, 0.5) is 4.39 Å². The summed E-state index contributed by atoms with van der Waals surface area (Å²) < 4.78 is 12.5. The molecule has 72 valence electrons. The molecule has 1 aromatic rings. The van der Waals surface area contributed by atoms with E-state index in [1.54, 1.807) is 12.1 Å². The van der Waals surface area contributed by atoms with Crippen molar-refractivity contribution in [2.75, 3.05) is 6.61 Å². The second-order valence-electron chi connectivity index (χ2n) is 2.80. The third kappa shape index (κ3) is 4.01. The van der Waals surface area contributed by atoms with E-state index in [-0.39, 0.29) is 5.82 Å². The summed E-state index contributed by atoms with van der Waals surface area (Å²) in [6.07, 6.45) is 0.983. The summed E-state index contributed by atoms with van der Waals surface area (Å²) in [5.74, 6) is -0.210. The molecule has 13 heavy (non-hydrogen) atoms. The molecule has 0 saturated heterocycles. The highest BCUT2D eigenvalue weighted by Gasteiger charge is 1.92. The van der Waals surface area contributed by atoms with Crippen LogP contribution < -0.4 is 5.48 Å². The van der Waals surface area contributed by atoms with Crippen molar-refractivity contribution in [1.29, 1.82) is 0 Å². The average Bonchev–Trinajstić information content (AvgIpc) is 2.15. The number of halogens is 1. The Kier molecular flexibility index (Phi) is 4.43. The van der Waals surface area contributed by atoms with E-state index in [2.05, 4.69) is 5.48 Å². The molecule has 0 radical (unpaired) electrons. The Balaban J connectivity index is 2.25. The van der Waals surface area contributed by atoms with Crippen LogP contribution in [0.15, 0.2) is 24.3 Å². The Morgan fingerprint density at radius 1 is 1.31 bits per heavy atom. The molecule has 0 aliphatic carbocycles.